The standard InChI is InChI=1S/C24H23F3N2O2/c1-3-30-23-13-19(11-12-22(23)31-16-18-9-7-17(2)8-10-18)15-28-29-21-6-4-5-20(14-21)24(25,26)27/h4-15,29H,3,16H2,1-2H3. The van der Waals surface area contributed by atoms with Crippen molar-refractivity contribution in [1.82, 2.24) is 0 Å². The van der Waals surface area contributed by atoms with E-state index in [1.807, 2.05) is 38.1 Å². The van der Waals surface area contributed by atoms with E-state index < -0.39 is 11.7 Å². The Morgan fingerprint density at radius 3 is 2.42 bits per heavy atom. The van der Waals surface area contributed by atoms with Crippen molar-refractivity contribution in [3.8, 4) is 11.5 Å². The minimum absolute atomic E-state index is 0.245. The largest absolute Gasteiger partial charge is 0.490 e. The molecule has 162 valence electrons. The van der Waals surface area contributed by atoms with Crippen LogP contribution in [-0.4, -0.2) is 12.8 Å². The second kappa shape index (κ2) is 10.0. The van der Waals surface area contributed by atoms with Gasteiger partial charge in [0.05, 0.1) is 24.1 Å². The second-order valence-corrected chi connectivity index (χ2v) is 6.86. The Morgan fingerprint density at radius 1 is 0.935 bits per heavy atom. The molecule has 0 aliphatic heterocycles. The highest BCUT2D eigenvalue weighted by molar-refractivity contribution is 5.81. The molecule has 0 fully saturated rings. The van der Waals surface area contributed by atoms with Crippen LogP contribution >= 0.6 is 0 Å². The summed E-state index contributed by atoms with van der Waals surface area (Å²) in [7, 11) is 0. The van der Waals surface area contributed by atoms with Gasteiger partial charge in [-0.3, -0.25) is 5.43 Å². The lowest BCUT2D eigenvalue weighted by molar-refractivity contribution is -0.137. The average molecular weight is 428 g/mol. The van der Waals surface area contributed by atoms with Gasteiger partial charge in [-0.15, -0.1) is 0 Å². The van der Waals surface area contributed by atoms with Gasteiger partial charge in [-0.05, 0) is 61.4 Å². The topological polar surface area (TPSA) is 42.8 Å². The molecule has 7 heteroatoms. The van der Waals surface area contributed by atoms with Gasteiger partial charge in [-0.1, -0.05) is 35.9 Å². The molecular formula is C24H23F3N2O2. The van der Waals surface area contributed by atoms with Crippen LogP contribution in [0.25, 0.3) is 0 Å². The van der Waals surface area contributed by atoms with Gasteiger partial charge in [-0.25, -0.2) is 0 Å². The number of ether oxygens (including phenoxy) is 2. The van der Waals surface area contributed by atoms with E-state index in [2.05, 4.69) is 10.5 Å². The first kappa shape index (κ1) is 22.2. The minimum Gasteiger partial charge on any atom is -0.490 e. The molecule has 0 unspecified atom stereocenters. The van der Waals surface area contributed by atoms with Crippen molar-refractivity contribution in [2.24, 2.45) is 5.10 Å². The maximum absolute atomic E-state index is 12.8. The summed E-state index contributed by atoms with van der Waals surface area (Å²) >= 11 is 0. The molecule has 0 saturated carbocycles. The van der Waals surface area contributed by atoms with Gasteiger partial charge >= 0.3 is 6.18 Å². The zero-order chi connectivity index (χ0) is 22.3. The van der Waals surface area contributed by atoms with E-state index in [9.17, 15) is 13.2 Å². The van der Waals surface area contributed by atoms with E-state index in [-0.39, 0.29) is 5.69 Å². The van der Waals surface area contributed by atoms with E-state index in [0.29, 0.717) is 30.3 Å². The Morgan fingerprint density at radius 2 is 1.71 bits per heavy atom. The summed E-state index contributed by atoms with van der Waals surface area (Å²) in [5.74, 6) is 1.17. The normalized spacial score (nSPS) is 11.5. The van der Waals surface area contributed by atoms with Crippen LogP contribution in [-0.2, 0) is 12.8 Å². The van der Waals surface area contributed by atoms with Crippen molar-refractivity contribution in [1.29, 1.82) is 0 Å². The lowest BCUT2D eigenvalue weighted by Gasteiger charge is -2.13. The number of halogens is 3. The Bertz CT molecular complexity index is 1030. The first-order valence-corrected chi connectivity index (χ1v) is 9.76. The number of anilines is 1. The van der Waals surface area contributed by atoms with Crippen molar-refractivity contribution in [2.75, 3.05) is 12.0 Å². The third-order valence-corrected chi connectivity index (χ3v) is 4.38. The van der Waals surface area contributed by atoms with Crippen LogP contribution in [0.1, 0.15) is 29.2 Å². The van der Waals surface area contributed by atoms with Crippen LogP contribution in [0.4, 0.5) is 18.9 Å². The van der Waals surface area contributed by atoms with Crippen molar-refractivity contribution in [2.45, 2.75) is 26.6 Å². The highest BCUT2D eigenvalue weighted by Crippen LogP contribution is 2.31. The number of nitrogens with one attached hydrogen (secondary N) is 1. The third-order valence-electron chi connectivity index (χ3n) is 4.38. The molecule has 4 nitrogen and oxygen atoms in total. The van der Waals surface area contributed by atoms with Crippen LogP contribution in [0.15, 0.2) is 71.8 Å². The fourth-order valence-corrected chi connectivity index (χ4v) is 2.78. The van der Waals surface area contributed by atoms with E-state index in [1.54, 1.807) is 18.2 Å². The van der Waals surface area contributed by atoms with Crippen LogP contribution in [0.2, 0.25) is 0 Å². The maximum atomic E-state index is 12.8. The number of hydrogen-bond acceptors (Lipinski definition) is 4. The van der Waals surface area contributed by atoms with Crippen molar-refractivity contribution < 1.29 is 22.6 Å². The molecule has 0 atom stereocenters. The molecule has 1 N–H and O–H groups in total. The molecule has 3 aromatic carbocycles. The van der Waals surface area contributed by atoms with Gasteiger partial charge in [0.15, 0.2) is 11.5 Å². The third kappa shape index (κ3) is 6.50. The first-order valence-electron chi connectivity index (χ1n) is 9.76. The molecule has 3 rings (SSSR count). The minimum atomic E-state index is -4.40. The van der Waals surface area contributed by atoms with Gasteiger partial charge in [-0.2, -0.15) is 18.3 Å². The molecule has 0 amide bonds. The summed E-state index contributed by atoms with van der Waals surface area (Å²) in [6.45, 7) is 4.77. The number of nitrogens with zero attached hydrogens (tertiary/aromatic N) is 1. The van der Waals surface area contributed by atoms with Crippen LogP contribution in [0.5, 0.6) is 11.5 Å². The molecule has 0 spiro atoms. The summed E-state index contributed by atoms with van der Waals surface area (Å²) in [6.07, 6.45) is -2.89. The number of hydrazone groups is 1. The molecule has 0 bridgehead atoms. The Balaban J connectivity index is 1.68. The summed E-state index contributed by atoms with van der Waals surface area (Å²) in [6, 6.07) is 18.3. The average Bonchev–Trinajstić information content (AvgIpc) is 2.74. The zero-order valence-corrected chi connectivity index (χ0v) is 17.2. The lowest BCUT2D eigenvalue weighted by atomic mass is 10.2. The molecule has 0 radical (unpaired) electrons. The summed E-state index contributed by atoms with van der Waals surface area (Å²) < 4.78 is 50.0. The fourth-order valence-electron chi connectivity index (χ4n) is 2.78. The molecule has 3 aromatic rings. The number of alkyl halides is 3. The molecule has 31 heavy (non-hydrogen) atoms. The predicted molar refractivity (Wildman–Crippen MR) is 116 cm³/mol. The highest BCUT2D eigenvalue weighted by atomic mass is 19.4. The monoisotopic (exact) mass is 428 g/mol. The van der Waals surface area contributed by atoms with Gasteiger partial charge < -0.3 is 9.47 Å². The molecule has 0 aliphatic carbocycles. The number of rotatable bonds is 8. The van der Waals surface area contributed by atoms with Crippen molar-refractivity contribution >= 4 is 11.9 Å². The lowest BCUT2D eigenvalue weighted by Crippen LogP contribution is -2.05. The molecule has 0 aliphatic rings. The Labute approximate surface area is 179 Å². The van der Waals surface area contributed by atoms with Crippen molar-refractivity contribution in [3.05, 3.63) is 89.0 Å². The number of hydrogen-bond donors (Lipinski definition) is 1. The summed E-state index contributed by atoms with van der Waals surface area (Å²) in [5.41, 5.74) is 5.07. The van der Waals surface area contributed by atoms with Crippen LogP contribution < -0.4 is 14.9 Å². The van der Waals surface area contributed by atoms with E-state index in [4.69, 9.17) is 9.47 Å². The Kier molecular flexibility index (Phi) is 7.18. The predicted octanol–water partition coefficient (Wildman–Crippen LogP) is 6.44. The van der Waals surface area contributed by atoms with Crippen LogP contribution in [0, 0.1) is 6.92 Å². The van der Waals surface area contributed by atoms with E-state index in [0.717, 1.165) is 17.7 Å². The van der Waals surface area contributed by atoms with E-state index >= 15 is 0 Å². The molecule has 0 heterocycles. The second-order valence-electron chi connectivity index (χ2n) is 6.86. The first-order chi connectivity index (χ1) is 14.8. The van der Waals surface area contributed by atoms with E-state index in [1.165, 1.54) is 23.9 Å². The highest BCUT2D eigenvalue weighted by Gasteiger charge is 2.30. The quantitative estimate of drug-likeness (QED) is 0.332. The SMILES string of the molecule is CCOc1cc(C=NNc2cccc(C(F)(F)F)c2)ccc1OCc1ccc(C)cc1. The van der Waals surface area contributed by atoms with Gasteiger partial charge in [0, 0.05) is 0 Å². The van der Waals surface area contributed by atoms with Gasteiger partial charge in [0.2, 0.25) is 0 Å². The zero-order valence-electron chi connectivity index (χ0n) is 17.2. The van der Waals surface area contributed by atoms with Crippen LogP contribution in [0.3, 0.4) is 0 Å². The number of benzene rings is 3. The molecule has 0 aromatic heterocycles. The van der Waals surface area contributed by atoms with Crippen molar-refractivity contribution in [3.63, 3.8) is 0 Å². The Hall–Kier alpha value is -3.48. The smallest absolute Gasteiger partial charge is 0.416 e. The fraction of sp³-hybridized carbons (Fsp3) is 0.208. The van der Waals surface area contributed by atoms with Gasteiger partial charge in [0.25, 0.3) is 0 Å². The number of aryl methyl sites for hydroxylation is 1. The summed E-state index contributed by atoms with van der Waals surface area (Å²) in [5, 5.41) is 4.03. The molecular weight excluding hydrogens is 405 g/mol. The summed E-state index contributed by atoms with van der Waals surface area (Å²) in [4.78, 5) is 0. The van der Waals surface area contributed by atoms with Gasteiger partial charge in [0.1, 0.15) is 6.61 Å². The molecule has 0 saturated heterocycles. The maximum Gasteiger partial charge on any atom is 0.416 e.